The molecular weight excluding hydrogens is 338 g/mol. The Morgan fingerprint density at radius 3 is 2.19 bits per heavy atom. The number of nitrogens with one attached hydrogen (secondary N) is 1. The summed E-state index contributed by atoms with van der Waals surface area (Å²) in [5.41, 5.74) is 4.85. The average molecular weight is 365 g/mol. The van der Waals surface area contributed by atoms with E-state index in [1.807, 2.05) is 68.1 Å². The van der Waals surface area contributed by atoms with E-state index in [4.69, 9.17) is 0 Å². The average Bonchev–Trinajstić information content (AvgIpc) is 2.70. The third kappa shape index (κ3) is 4.48. The van der Waals surface area contributed by atoms with Crippen LogP contribution in [0, 0.1) is 13.8 Å². The van der Waals surface area contributed by atoms with Crippen molar-refractivity contribution in [1.29, 1.82) is 0 Å². The van der Waals surface area contributed by atoms with Crippen LogP contribution in [0.15, 0.2) is 42.5 Å². The van der Waals surface area contributed by atoms with Crippen LogP contribution in [0.2, 0.25) is 0 Å². The molecule has 2 aromatic rings. The highest BCUT2D eigenvalue weighted by Gasteiger charge is 2.20. The van der Waals surface area contributed by atoms with Crippen molar-refractivity contribution in [1.82, 2.24) is 4.90 Å². The second kappa shape index (κ2) is 8.25. The molecular formula is C22H27N3O2. The smallest absolute Gasteiger partial charge is 0.255 e. The molecule has 0 saturated carbocycles. The van der Waals surface area contributed by atoms with Crippen molar-refractivity contribution in [2.45, 2.75) is 27.2 Å². The molecule has 1 saturated heterocycles. The maximum absolute atomic E-state index is 12.4. The summed E-state index contributed by atoms with van der Waals surface area (Å²) in [4.78, 5) is 28.4. The summed E-state index contributed by atoms with van der Waals surface area (Å²) in [5.74, 6) is 0.122. The summed E-state index contributed by atoms with van der Waals surface area (Å²) >= 11 is 0. The molecule has 1 heterocycles. The number of hydrogen-bond donors (Lipinski definition) is 1. The van der Waals surface area contributed by atoms with Gasteiger partial charge in [0.05, 0.1) is 0 Å². The molecule has 0 aliphatic carbocycles. The Kier molecular flexibility index (Phi) is 5.79. The summed E-state index contributed by atoms with van der Waals surface area (Å²) in [6.45, 7) is 9.14. The van der Waals surface area contributed by atoms with Crippen LogP contribution in [0.5, 0.6) is 0 Å². The van der Waals surface area contributed by atoms with Gasteiger partial charge in [0.25, 0.3) is 5.91 Å². The fourth-order valence-electron chi connectivity index (χ4n) is 3.28. The van der Waals surface area contributed by atoms with Crippen LogP contribution in [-0.2, 0) is 4.79 Å². The molecule has 0 aromatic heterocycles. The molecule has 1 aliphatic rings. The quantitative estimate of drug-likeness (QED) is 0.900. The minimum absolute atomic E-state index is 0.0995. The van der Waals surface area contributed by atoms with Crippen molar-refractivity contribution < 1.29 is 9.59 Å². The lowest BCUT2D eigenvalue weighted by atomic mass is 10.1. The van der Waals surface area contributed by atoms with Crippen LogP contribution < -0.4 is 10.2 Å². The first kappa shape index (κ1) is 19.0. The van der Waals surface area contributed by atoms with Crippen LogP contribution >= 0.6 is 0 Å². The number of benzene rings is 2. The molecule has 3 rings (SSSR count). The van der Waals surface area contributed by atoms with Crippen molar-refractivity contribution in [2.24, 2.45) is 0 Å². The Morgan fingerprint density at radius 1 is 0.926 bits per heavy atom. The summed E-state index contributed by atoms with van der Waals surface area (Å²) < 4.78 is 0. The lowest BCUT2D eigenvalue weighted by molar-refractivity contribution is -0.131. The van der Waals surface area contributed by atoms with Gasteiger partial charge in [0, 0.05) is 49.5 Å². The monoisotopic (exact) mass is 365 g/mol. The Morgan fingerprint density at radius 2 is 1.59 bits per heavy atom. The standard InChI is InChI=1S/C22H27N3O2/c1-4-21(26)25-13-11-24(12-14-25)20-9-7-19(8-10-20)23-22(27)18-6-5-16(2)17(3)15-18/h5-10,15H,4,11-14H2,1-3H3,(H,23,27). The number of anilines is 2. The predicted octanol–water partition coefficient (Wildman–Crippen LogP) is 3.61. The van der Waals surface area contributed by atoms with Crippen molar-refractivity contribution in [3.8, 4) is 0 Å². The number of carbonyl (C=O) groups is 2. The van der Waals surface area contributed by atoms with Gasteiger partial charge < -0.3 is 15.1 Å². The molecule has 0 bridgehead atoms. The van der Waals surface area contributed by atoms with E-state index in [1.165, 1.54) is 5.56 Å². The summed E-state index contributed by atoms with van der Waals surface area (Å²) in [7, 11) is 0. The third-order valence-electron chi connectivity index (χ3n) is 5.19. The highest BCUT2D eigenvalue weighted by atomic mass is 16.2. The molecule has 1 aliphatic heterocycles. The van der Waals surface area contributed by atoms with Gasteiger partial charge in [-0.1, -0.05) is 13.0 Å². The number of hydrogen-bond acceptors (Lipinski definition) is 3. The second-order valence-electron chi connectivity index (χ2n) is 7.02. The van der Waals surface area contributed by atoms with E-state index < -0.39 is 0 Å². The van der Waals surface area contributed by atoms with Gasteiger partial charge in [0.15, 0.2) is 0 Å². The van der Waals surface area contributed by atoms with Crippen LogP contribution in [-0.4, -0.2) is 42.9 Å². The SMILES string of the molecule is CCC(=O)N1CCN(c2ccc(NC(=O)c3ccc(C)c(C)c3)cc2)CC1. The molecule has 1 N–H and O–H groups in total. The first-order valence-corrected chi connectivity index (χ1v) is 9.49. The number of carbonyl (C=O) groups excluding carboxylic acids is 2. The molecule has 0 radical (unpaired) electrons. The highest BCUT2D eigenvalue weighted by molar-refractivity contribution is 6.04. The van der Waals surface area contributed by atoms with E-state index in [2.05, 4.69) is 10.2 Å². The maximum Gasteiger partial charge on any atom is 0.255 e. The number of nitrogens with zero attached hydrogens (tertiary/aromatic N) is 2. The zero-order valence-electron chi connectivity index (χ0n) is 16.3. The summed E-state index contributed by atoms with van der Waals surface area (Å²) in [6.07, 6.45) is 0.564. The van der Waals surface area contributed by atoms with Crippen LogP contribution in [0.1, 0.15) is 34.8 Å². The first-order chi connectivity index (χ1) is 13.0. The van der Waals surface area contributed by atoms with Crippen LogP contribution in [0.3, 0.4) is 0 Å². The van der Waals surface area contributed by atoms with E-state index >= 15 is 0 Å². The Labute approximate surface area is 161 Å². The molecule has 5 heteroatoms. The Bertz CT molecular complexity index is 822. The third-order valence-corrected chi connectivity index (χ3v) is 5.19. The molecule has 0 atom stereocenters. The van der Waals surface area contributed by atoms with Gasteiger partial charge in [0.1, 0.15) is 0 Å². The lowest BCUT2D eigenvalue weighted by Gasteiger charge is -2.36. The van der Waals surface area contributed by atoms with E-state index in [1.54, 1.807) is 0 Å². The Balaban J connectivity index is 1.60. The number of aryl methyl sites for hydroxylation is 2. The van der Waals surface area contributed by atoms with Crippen molar-refractivity contribution in [3.63, 3.8) is 0 Å². The van der Waals surface area contributed by atoms with E-state index in [0.717, 1.165) is 43.1 Å². The molecule has 142 valence electrons. The highest BCUT2D eigenvalue weighted by Crippen LogP contribution is 2.20. The van der Waals surface area contributed by atoms with Gasteiger partial charge in [-0.15, -0.1) is 0 Å². The van der Waals surface area contributed by atoms with E-state index in [0.29, 0.717) is 12.0 Å². The van der Waals surface area contributed by atoms with Crippen molar-refractivity contribution in [3.05, 3.63) is 59.2 Å². The predicted molar refractivity (Wildman–Crippen MR) is 109 cm³/mol. The largest absolute Gasteiger partial charge is 0.368 e. The molecule has 27 heavy (non-hydrogen) atoms. The second-order valence-corrected chi connectivity index (χ2v) is 7.02. The first-order valence-electron chi connectivity index (χ1n) is 9.49. The zero-order chi connectivity index (χ0) is 19.4. The molecule has 0 spiro atoms. The normalized spacial score (nSPS) is 14.2. The van der Waals surface area contributed by atoms with E-state index in [-0.39, 0.29) is 11.8 Å². The molecule has 1 fully saturated rings. The van der Waals surface area contributed by atoms with Gasteiger partial charge in [-0.05, 0) is 61.4 Å². The number of piperazine rings is 1. The topological polar surface area (TPSA) is 52.7 Å². The van der Waals surface area contributed by atoms with Gasteiger partial charge in [-0.2, -0.15) is 0 Å². The van der Waals surface area contributed by atoms with Gasteiger partial charge in [0.2, 0.25) is 5.91 Å². The van der Waals surface area contributed by atoms with Crippen LogP contribution in [0.4, 0.5) is 11.4 Å². The Hall–Kier alpha value is -2.82. The number of rotatable bonds is 4. The van der Waals surface area contributed by atoms with Crippen molar-refractivity contribution >= 4 is 23.2 Å². The van der Waals surface area contributed by atoms with Crippen LogP contribution in [0.25, 0.3) is 0 Å². The van der Waals surface area contributed by atoms with Crippen molar-refractivity contribution in [2.75, 3.05) is 36.4 Å². The fraction of sp³-hybridized carbons (Fsp3) is 0.364. The fourth-order valence-corrected chi connectivity index (χ4v) is 3.28. The minimum Gasteiger partial charge on any atom is -0.368 e. The zero-order valence-corrected chi connectivity index (χ0v) is 16.3. The van der Waals surface area contributed by atoms with Gasteiger partial charge in [-0.25, -0.2) is 0 Å². The summed E-state index contributed by atoms with van der Waals surface area (Å²) in [6, 6.07) is 13.6. The molecule has 5 nitrogen and oxygen atoms in total. The van der Waals surface area contributed by atoms with Gasteiger partial charge in [-0.3, -0.25) is 9.59 Å². The minimum atomic E-state index is -0.0995. The molecule has 2 amide bonds. The van der Waals surface area contributed by atoms with E-state index in [9.17, 15) is 9.59 Å². The van der Waals surface area contributed by atoms with Gasteiger partial charge >= 0.3 is 0 Å². The number of amides is 2. The lowest BCUT2D eigenvalue weighted by Crippen LogP contribution is -2.48. The molecule has 2 aromatic carbocycles. The molecule has 0 unspecified atom stereocenters. The summed E-state index contributed by atoms with van der Waals surface area (Å²) in [5, 5.41) is 2.95. The maximum atomic E-state index is 12.4.